The first kappa shape index (κ1) is 14.1. The van der Waals surface area contributed by atoms with Crippen LogP contribution in [0.2, 0.25) is 0 Å². The van der Waals surface area contributed by atoms with Crippen molar-refractivity contribution in [1.29, 1.82) is 0 Å². The summed E-state index contributed by atoms with van der Waals surface area (Å²) in [6.07, 6.45) is 5.75. The van der Waals surface area contributed by atoms with Crippen LogP contribution in [0.5, 0.6) is 0 Å². The van der Waals surface area contributed by atoms with E-state index in [-0.39, 0.29) is 5.91 Å². The van der Waals surface area contributed by atoms with Gasteiger partial charge >= 0.3 is 0 Å². The maximum atomic E-state index is 12.2. The topological polar surface area (TPSA) is 46.3 Å². The summed E-state index contributed by atoms with van der Waals surface area (Å²) in [6, 6.07) is 9.55. The van der Waals surface area contributed by atoms with Crippen molar-refractivity contribution in [3.8, 4) is 0 Å². The van der Waals surface area contributed by atoms with E-state index in [1.165, 1.54) is 25.7 Å². The van der Waals surface area contributed by atoms with Gasteiger partial charge in [0.15, 0.2) is 0 Å². The fourth-order valence-corrected chi connectivity index (χ4v) is 2.91. The molecule has 1 aromatic carbocycles. The second-order valence-corrected chi connectivity index (χ2v) is 5.67. The van der Waals surface area contributed by atoms with Crippen LogP contribution in [0.25, 0.3) is 0 Å². The van der Waals surface area contributed by atoms with Crippen LogP contribution in [0, 0.1) is 5.92 Å². The third-order valence-electron chi connectivity index (χ3n) is 4.00. The van der Waals surface area contributed by atoms with Crippen molar-refractivity contribution in [3.63, 3.8) is 0 Å². The molecule has 1 saturated carbocycles. The first-order valence-corrected chi connectivity index (χ1v) is 7.21. The summed E-state index contributed by atoms with van der Waals surface area (Å²) < 4.78 is 0. The summed E-state index contributed by atoms with van der Waals surface area (Å²) in [7, 11) is 1.88. The molecule has 1 aromatic rings. The van der Waals surface area contributed by atoms with Gasteiger partial charge < -0.3 is 10.6 Å². The number of amides is 1. The molecule has 1 amide bonds. The summed E-state index contributed by atoms with van der Waals surface area (Å²) in [5.74, 6) is 0.744. The van der Waals surface area contributed by atoms with Gasteiger partial charge in [-0.3, -0.25) is 4.79 Å². The van der Waals surface area contributed by atoms with Gasteiger partial charge in [-0.05, 0) is 30.7 Å². The molecule has 19 heavy (non-hydrogen) atoms. The predicted molar refractivity (Wildman–Crippen MR) is 77.7 cm³/mol. The fourth-order valence-electron chi connectivity index (χ4n) is 2.91. The third-order valence-corrected chi connectivity index (χ3v) is 4.00. The molecule has 3 nitrogen and oxygen atoms in total. The molecular weight excluding hydrogens is 236 g/mol. The Hall–Kier alpha value is -1.35. The van der Waals surface area contributed by atoms with E-state index in [2.05, 4.69) is 0 Å². The van der Waals surface area contributed by atoms with Crippen LogP contribution >= 0.6 is 0 Å². The second-order valence-electron chi connectivity index (χ2n) is 5.67. The number of carbonyl (C=O) groups is 1. The second kappa shape index (κ2) is 6.71. The Bertz CT molecular complexity index is 398. The maximum Gasteiger partial charge on any atom is 0.239 e. The number of carbonyl (C=O) groups excluding carboxylic acids is 1. The van der Waals surface area contributed by atoms with Crippen molar-refractivity contribution in [2.75, 3.05) is 13.6 Å². The summed E-state index contributed by atoms with van der Waals surface area (Å²) in [4.78, 5) is 14.1. The van der Waals surface area contributed by atoms with Crippen LogP contribution < -0.4 is 5.73 Å². The van der Waals surface area contributed by atoms with Gasteiger partial charge in [0.2, 0.25) is 5.91 Å². The van der Waals surface area contributed by atoms with Gasteiger partial charge in [-0.25, -0.2) is 0 Å². The summed E-state index contributed by atoms with van der Waals surface area (Å²) in [5.41, 5.74) is 7.16. The van der Waals surface area contributed by atoms with E-state index in [4.69, 9.17) is 5.73 Å². The molecule has 0 aromatic heterocycles. The highest BCUT2D eigenvalue weighted by molar-refractivity contribution is 5.81. The van der Waals surface area contributed by atoms with E-state index >= 15 is 0 Å². The van der Waals surface area contributed by atoms with E-state index in [9.17, 15) is 4.79 Å². The molecule has 2 N–H and O–H groups in total. The molecular formula is C16H24N2O. The van der Waals surface area contributed by atoms with Crippen molar-refractivity contribution in [1.82, 2.24) is 4.90 Å². The molecule has 0 radical (unpaired) electrons. The van der Waals surface area contributed by atoms with Gasteiger partial charge in [-0.1, -0.05) is 43.2 Å². The van der Waals surface area contributed by atoms with Crippen LogP contribution in [0.3, 0.4) is 0 Å². The number of hydrogen-bond donors (Lipinski definition) is 1. The zero-order valence-electron chi connectivity index (χ0n) is 11.7. The molecule has 1 aliphatic rings. The molecule has 104 valence electrons. The highest BCUT2D eigenvalue weighted by Gasteiger charge is 2.23. The molecule has 0 spiro atoms. The lowest BCUT2D eigenvalue weighted by molar-refractivity contribution is -0.131. The Morgan fingerprint density at radius 3 is 2.58 bits per heavy atom. The minimum atomic E-state index is -0.422. The van der Waals surface area contributed by atoms with E-state index in [0.717, 1.165) is 12.1 Å². The molecule has 1 fully saturated rings. The lowest BCUT2D eigenvalue weighted by atomic mass is 10.0. The third kappa shape index (κ3) is 4.06. The van der Waals surface area contributed by atoms with Crippen molar-refractivity contribution < 1.29 is 4.79 Å². The van der Waals surface area contributed by atoms with Gasteiger partial charge in [0.1, 0.15) is 0 Å². The largest absolute Gasteiger partial charge is 0.344 e. The van der Waals surface area contributed by atoms with Gasteiger partial charge in [-0.2, -0.15) is 0 Å². The maximum absolute atomic E-state index is 12.2. The molecule has 3 heteroatoms. The van der Waals surface area contributed by atoms with Crippen LogP contribution in [-0.4, -0.2) is 30.4 Å². The van der Waals surface area contributed by atoms with Gasteiger partial charge in [-0.15, -0.1) is 0 Å². The Labute approximate surface area is 115 Å². The standard InChI is InChI=1S/C16H24N2O/c1-18(12-14-9-5-6-10-14)16(19)15(17)11-13-7-3-2-4-8-13/h2-4,7-8,14-15H,5-6,9-12,17H2,1H3. The van der Waals surface area contributed by atoms with Crippen LogP contribution in [0.4, 0.5) is 0 Å². The molecule has 1 atom stereocenters. The molecule has 1 aliphatic carbocycles. The number of benzene rings is 1. The van der Waals surface area contributed by atoms with Crippen molar-refractivity contribution in [3.05, 3.63) is 35.9 Å². The summed E-state index contributed by atoms with van der Waals surface area (Å²) >= 11 is 0. The van der Waals surface area contributed by atoms with E-state index < -0.39 is 6.04 Å². The Kier molecular flexibility index (Phi) is 4.97. The van der Waals surface area contributed by atoms with Crippen LogP contribution in [-0.2, 0) is 11.2 Å². The Balaban J connectivity index is 1.84. The fraction of sp³-hybridized carbons (Fsp3) is 0.562. The number of rotatable bonds is 5. The first-order chi connectivity index (χ1) is 9.16. The highest BCUT2D eigenvalue weighted by atomic mass is 16.2. The number of nitrogens with two attached hydrogens (primary N) is 1. The molecule has 0 heterocycles. The Morgan fingerprint density at radius 2 is 1.95 bits per heavy atom. The zero-order chi connectivity index (χ0) is 13.7. The van der Waals surface area contributed by atoms with Gasteiger partial charge in [0.05, 0.1) is 6.04 Å². The number of hydrogen-bond acceptors (Lipinski definition) is 2. The molecule has 1 unspecified atom stereocenters. The average molecular weight is 260 g/mol. The monoisotopic (exact) mass is 260 g/mol. The first-order valence-electron chi connectivity index (χ1n) is 7.21. The zero-order valence-corrected chi connectivity index (χ0v) is 11.7. The quantitative estimate of drug-likeness (QED) is 0.882. The minimum absolute atomic E-state index is 0.0655. The summed E-state index contributed by atoms with van der Waals surface area (Å²) in [5, 5.41) is 0. The minimum Gasteiger partial charge on any atom is -0.344 e. The van der Waals surface area contributed by atoms with E-state index in [1.807, 2.05) is 42.3 Å². The lowest BCUT2D eigenvalue weighted by Gasteiger charge is -2.24. The van der Waals surface area contributed by atoms with Crippen molar-refractivity contribution >= 4 is 5.91 Å². The van der Waals surface area contributed by atoms with E-state index in [0.29, 0.717) is 12.3 Å². The molecule has 0 bridgehead atoms. The molecule has 0 aliphatic heterocycles. The van der Waals surface area contributed by atoms with Gasteiger partial charge in [0, 0.05) is 13.6 Å². The normalized spacial score (nSPS) is 17.4. The SMILES string of the molecule is CN(CC1CCCC1)C(=O)C(N)Cc1ccccc1. The van der Waals surface area contributed by atoms with E-state index in [1.54, 1.807) is 0 Å². The average Bonchev–Trinajstić information content (AvgIpc) is 2.91. The number of nitrogens with zero attached hydrogens (tertiary/aromatic N) is 1. The number of likely N-dealkylation sites (N-methyl/N-ethyl adjacent to an activating group) is 1. The van der Waals surface area contributed by atoms with Crippen molar-refractivity contribution in [2.24, 2.45) is 11.7 Å². The van der Waals surface area contributed by atoms with Crippen LogP contribution in [0.1, 0.15) is 31.2 Å². The van der Waals surface area contributed by atoms with Gasteiger partial charge in [0.25, 0.3) is 0 Å². The highest BCUT2D eigenvalue weighted by Crippen LogP contribution is 2.25. The lowest BCUT2D eigenvalue weighted by Crippen LogP contribution is -2.44. The van der Waals surface area contributed by atoms with Crippen LogP contribution in [0.15, 0.2) is 30.3 Å². The molecule has 0 saturated heterocycles. The molecule has 2 rings (SSSR count). The smallest absolute Gasteiger partial charge is 0.239 e. The van der Waals surface area contributed by atoms with Crippen molar-refractivity contribution in [2.45, 2.75) is 38.1 Å². The summed E-state index contributed by atoms with van der Waals surface area (Å²) in [6.45, 7) is 0.862. The Morgan fingerprint density at radius 1 is 1.32 bits per heavy atom. The predicted octanol–water partition coefficient (Wildman–Crippen LogP) is 2.21.